The standard InChI is InChI=1S/C81H158O17P2/c1-8-9-10-11-12-13-14-15-16-17-18-19-20-25-28-31-34-42-50-57-64-80(85)97-76(68-91-78(83)62-55-48-41-33-30-27-24-22-21-23-26-29-32-38-45-52-59-72(2)3)70-95-99(87,88)93-66-75(82)67-94-100(89,90)96-71-77(69-92-79(84)63-56-49-44-37-40-47-54-61-74(6)7)98-81(86)65-58-51-43-36-35-39-46-53-60-73(4)5/h72-77,82H,8-71H2,1-7H3,(H,87,88)(H,89,90)/t75-,76-,77-/m1/s1. The summed E-state index contributed by atoms with van der Waals surface area (Å²) in [6.45, 7) is 11.9. The van der Waals surface area contributed by atoms with Crippen molar-refractivity contribution in [2.45, 2.75) is 439 Å². The number of rotatable bonds is 79. The van der Waals surface area contributed by atoms with Crippen LogP contribution in [-0.4, -0.2) is 96.7 Å². The summed E-state index contributed by atoms with van der Waals surface area (Å²) in [7, 11) is -9.92. The highest BCUT2D eigenvalue weighted by Gasteiger charge is 2.30. The molecular weight excluding hydrogens is 1310 g/mol. The second-order valence-corrected chi connectivity index (χ2v) is 33.5. The van der Waals surface area contributed by atoms with E-state index in [9.17, 15) is 43.2 Å². The Hall–Kier alpha value is -1.94. The lowest BCUT2D eigenvalue weighted by Crippen LogP contribution is -2.30. The van der Waals surface area contributed by atoms with E-state index in [1.165, 1.54) is 225 Å². The molecule has 0 amide bonds. The van der Waals surface area contributed by atoms with E-state index in [0.29, 0.717) is 31.6 Å². The summed E-state index contributed by atoms with van der Waals surface area (Å²) in [6.07, 6.45) is 60.0. The van der Waals surface area contributed by atoms with Crippen molar-refractivity contribution < 1.29 is 80.2 Å². The molecule has 0 aliphatic carbocycles. The van der Waals surface area contributed by atoms with Crippen molar-refractivity contribution in [3.05, 3.63) is 0 Å². The van der Waals surface area contributed by atoms with Gasteiger partial charge in [-0.3, -0.25) is 37.3 Å². The summed E-state index contributed by atoms with van der Waals surface area (Å²) in [5.41, 5.74) is 0. The molecule has 17 nitrogen and oxygen atoms in total. The Kier molecular flexibility index (Phi) is 69.9. The molecule has 0 aromatic heterocycles. The van der Waals surface area contributed by atoms with Gasteiger partial charge in [-0.2, -0.15) is 0 Å². The molecule has 0 rings (SSSR count). The van der Waals surface area contributed by atoms with Gasteiger partial charge in [0.05, 0.1) is 26.4 Å². The molecule has 0 aromatic carbocycles. The third-order valence-electron chi connectivity index (χ3n) is 18.9. The van der Waals surface area contributed by atoms with E-state index in [4.69, 9.17) is 37.0 Å². The number of hydrogen-bond acceptors (Lipinski definition) is 15. The van der Waals surface area contributed by atoms with Crippen LogP contribution < -0.4 is 0 Å². The number of phosphoric ester groups is 2. The number of phosphoric acid groups is 2. The number of carbonyl (C=O) groups is 4. The van der Waals surface area contributed by atoms with Crippen molar-refractivity contribution in [1.29, 1.82) is 0 Å². The third kappa shape index (κ3) is 74.3. The minimum absolute atomic E-state index is 0.104. The van der Waals surface area contributed by atoms with E-state index < -0.39 is 97.5 Å². The molecule has 0 heterocycles. The van der Waals surface area contributed by atoms with Gasteiger partial charge < -0.3 is 33.8 Å². The van der Waals surface area contributed by atoms with Gasteiger partial charge in [0.2, 0.25) is 0 Å². The smallest absolute Gasteiger partial charge is 0.462 e. The maximum absolute atomic E-state index is 13.1. The van der Waals surface area contributed by atoms with Crippen LogP contribution in [0.25, 0.3) is 0 Å². The van der Waals surface area contributed by atoms with Crippen molar-refractivity contribution >= 4 is 39.5 Å². The lowest BCUT2D eigenvalue weighted by atomic mass is 10.0. The highest BCUT2D eigenvalue weighted by molar-refractivity contribution is 7.47. The second-order valence-electron chi connectivity index (χ2n) is 30.6. The number of esters is 4. The molecule has 19 heteroatoms. The van der Waals surface area contributed by atoms with E-state index in [1.807, 2.05) is 0 Å². The van der Waals surface area contributed by atoms with Gasteiger partial charge in [0.1, 0.15) is 19.3 Å². The zero-order valence-electron chi connectivity index (χ0n) is 65.7. The molecule has 0 saturated carbocycles. The third-order valence-corrected chi connectivity index (χ3v) is 20.8. The van der Waals surface area contributed by atoms with Crippen LogP contribution in [0.5, 0.6) is 0 Å². The van der Waals surface area contributed by atoms with Gasteiger partial charge in [0, 0.05) is 25.7 Å². The molecule has 100 heavy (non-hydrogen) atoms. The molecule has 3 N–H and O–H groups in total. The first-order chi connectivity index (χ1) is 48.2. The van der Waals surface area contributed by atoms with E-state index in [1.54, 1.807) is 0 Å². The normalized spacial score (nSPS) is 14.0. The van der Waals surface area contributed by atoms with E-state index >= 15 is 0 Å². The summed E-state index contributed by atoms with van der Waals surface area (Å²) in [4.78, 5) is 72.9. The Labute approximate surface area is 613 Å². The molecule has 5 atom stereocenters. The Bertz CT molecular complexity index is 1940. The summed E-state index contributed by atoms with van der Waals surface area (Å²) < 4.78 is 68.6. The average Bonchev–Trinajstić information content (AvgIpc) is 1.03. The first kappa shape index (κ1) is 98.1. The van der Waals surface area contributed by atoms with Crippen molar-refractivity contribution in [2.24, 2.45) is 17.8 Å². The van der Waals surface area contributed by atoms with Gasteiger partial charge >= 0.3 is 39.5 Å². The van der Waals surface area contributed by atoms with E-state index in [2.05, 4.69) is 48.5 Å². The predicted octanol–water partition coefficient (Wildman–Crippen LogP) is 24.1. The number of ether oxygens (including phenoxy) is 4. The van der Waals surface area contributed by atoms with Crippen molar-refractivity contribution in [3.63, 3.8) is 0 Å². The maximum Gasteiger partial charge on any atom is 0.472 e. The number of aliphatic hydroxyl groups excluding tert-OH is 1. The molecule has 0 bridgehead atoms. The first-order valence-corrected chi connectivity index (χ1v) is 44.8. The molecular formula is C81H158O17P2. The molecule has 2 unspecified atom stereocenters. The quantitative estimate of drug-likeness (QED) is 0.0222. The number of hydrogen-bond donors (Lipinski definition) is 3. The highest BCUT2D eigenvalue weighted by atomic mass is 31.2. The van der Waals surface area contributed by atoms with Gasteiger partial charge in [0.25, 0.3) is 0 Å². The fraction of sp³-hybridized carbons (Fsp3) is 0.951. The fourth-order valence-electron chi connectivity index (χ4n) is 12.5. The van der Waals surface area contributed by atoms with Gasteiger partial charge in [-0.1, -0.05) is 370 Å². The average molecular weight is 1470 g/mol. The van der Waals surface area contributed by atoms with Crippen LogP contribution in [0, 0.1) is 17.8 Å². The summed E-state index contributed by atoms with van der Waals surface area (Å²) >= 11 is 0. The van der Waals surface area contributed by atoms with Gasteiger partial charge in [-0.15, -0.1) is 0 Å². The second kappa shape index (κ2) is 71.3. The van der Waals surface area contributed by atoms with Crippen molar-refractivity contribution in [3.8, 4) is 0 Å². The summed E-state index contributed by atoms with van der Waals surface area (Å²) in [5, 5.41) is 10.6. The van der Waals surface area contributed by atoms with Crippen LogP contribution in [0.2, 0.25) is 0 Å². The zero-order valence-corrected chi connectivity index (χ0v) is 67.5. The Balaban J connectivity index is 5.21. The molecule has 0 aromatic rings. The van der Waals surface area contributed by atoms with Crippen LogP contribution in [-0.2, 0) is 65.4 Å². The minimum atomic E-state index is -4.96. The predicted molar refractivity (Wildman–Crippen MR) is 409 cm³/mol. The minimum Gasteiger partial charge on any atom is -0.462 e. The largest absolute Gasteiger partial charge is 0.472 e. The molecule has 0 radical (unpaired) electrons. The molecule has 0 saturated heterocycles. The highest BCUT2D eigenvalue weighted by Crippen LogP contribution is 2.45. The van der Waals surface area contributed by atoms with Gasteiger partial charge in [-0.05, 0) is 43.4 Å². The van der Waals surface area contributed by atoms with Crippen molar-refractivity contribution in [2.75, 3.05) is 39.6 Å². The lowest BCUT2D eigenvalue weighted by molar-refractivity contribution is -0.161. The van der Waals surface area contributed by atoms with Gasteiger partial charge in [-0.25, -0.2) is 9.13 Å². The van der Waals surface area contributed by atoms with Crippen LogP contribution in [0.15, 0.2) is 0 Å². The van der Waals surface area contributed by atoms with Crippen LogP contribution in [0.1, 0.15) is 421 Å². The molecule has 0 fully saturated rings. The van der Waals surface area contributed by atoms with E-state index in [0.717, 1.165) is 108 Å². The van der Waals surface area contributed by atoms with Crippen LogP contribution >= 0.6 is 15.6 Å². The molecule has 0 spiro atoms. The number of unbranched alkanes of at least 4 members (excludes halogenated alkanes) is 47. The number of carbonyl (C=O) groups excluding carboxylic acids is 4. The molecule has 594 valence electrons. The summed E-state index contributed by atoms with van der Waals surface area (Å²) in [6, 6.07) is 0. The van der Waals surface area contributed by atoms with Crippen LogP contribution in [0.3, 0.4) is 0 Å². The zero-order chi connectivity index (χ0) is 73.7. The first-order valence-electron chi connectivity index (χ1n) is 41.8. The topological polar surface area (TPSA) is 237 Å². The Morgan fingerprint density at radius 1 is 0.270 bits per heavy atom. The van der Waals surface area contributed by atoms with Crippen LogP contribution in [0.4, 0.5) is 0 Å². The lowest BCUT2D eigenvalue weighted by Gasteiger charge is -2.21. The SMILES string of the molecule is CCCCCCCCCCCCCCCCCCCCCCC(=O)O[C@H](COC(=O)CCCCCCCCCCCCCCCCCCC(C)C)COP(=O)(O)OC[C@@H](O)COP(=O)(O)OC[C@@H](COC(=O)CCCCCCCCCC(C)C)OC(=O)CCCCCCCCCCC(C)C. The fourth-order valence-corrected chi connectivity index (χ4v) is 14.1. The van der Waals surface area contributed by atoms with Gasteiger partial charge in [0.15, 0.2) is 12.2 Å². The maximum atomic E-state index is 13.1. The monoisotopic (exact) mass is 1470 g/mol. The molecule has 0 aliphatic heterocycles. The van der Waals surface area contributed by atoms with Crippen molar-refractivity contribution in [1.82, 2.24) is 0 Å². The Morgan fingerprint density at radius 3 is 0.680 bits per heavy atom. The van der Waals surface area contributed by atoms with E-state index in [-0.39, 0.29) is 25.7 Å². The molecule has 0 aliphatic rings. The Morgan fingerprint density at radius 2 is 0.460 bits per heavy atom. The summed E-state index contributed by atoms with van der Waals surface area (Å²) in [5.74, 6) is 0.121. The number of aliphatic hydroxyl groups is 1.